The molecule has 8 heteroatoms. The van der Waals surface area contributed by atoms with Gasteiger partial charge in [0.1, 0.15) is 0 Å². The average Bonchev–Trinajstić information content (AvgIpc) is 2.89. The molecule has 4 heterocycles. The van der Waals surface area contributed by atoms with Gasteiger partial charge in [-0.05, 0) is 30.4 Å². The monoisotopic (exact) mass is 456 g/mol. The molecule has 8 nitrogen and oxygen atoms in total. The fourth-order valence-electron chi connectivity index (χ4n) is 5.79. The quantitative estimate of drug-likeness (QED) is 0.694. The van der Waals surface area contributed by atoms with E-state index in [2.05, 4.69) is 29.2 Å². The van der Waals surface area contributed by atoms with Crippen LogP contribution in [0.25, 0.3) is 0 Å². The van der Waals surface area contributed by atoms with Gasteiger partial charge in [0.15, 0.2) is 0 Å². The summed E-state index contributed by atoms with van der Waals surface area (Å²) in [6.45, 7) is 7.82. The smallest absolute Gasteiger partial charge is 0.320 e. The highest BCUT2D eigenvalue weighted by Gasteiger charge is 2.37. The van der Waals surface area contributed by atoms with E-state index in [0.717, 1.165) is 38.9 Å². The number of morpholine rings is 2. The summed E-state index contributed by atoms with van der Waals surface area (Å²) in [4.78, 5) is 34.6. The molecule has 0 radical (unpaired) electrons. The fourth-order valence-corrected chi connectivity index (χ4v) is 5.79. The average molecular weight is 457 g/mol. The number of carbonyl (C=O) groups excluding carboxylic acids is 2. The maximum absolute atomic E-state index is 13.2. The molecule has 1 aromatic rings. The summed E-state index contributed by atoms with van der Waals surface area (Å²) in [6, 6.07) is 9.27. The molecule has 4 aliphatic heterocycles. The van der Waals surface area contributed by atoms with Gasteiger partial charge in [0.25, 0.3) is 0 Å². The van der Waals surface area contributed by atoms with Crippen LogP contribution in [0.15, 0.2) is 24.3 Å². The minimum Gasteiger partial charge on any atom is -0.378 e. The molecule has 180 valence electrons. The summed E-state index contributed by atoms with van der Waals surface area (Å²) in [5.41, 5.74) is 2.67. The third-order valence-corrected chi connectivity index (χ3v) is 7.67. The minimum absolute atomic E-state index is 0.108. The number of carbonyl (C=O) groups is 2. The number of fused-ring (bicyclic) bond motifs is 1. The zero-order valence-corrected chi connectivity index (χ0v) is 19.5. The first-order valence-corrected chi connectivity index (χ1v) is 12.5. The zero-order valence-electron chi connectivity index (χ0n) is 19.5. The number of hydrogen-bond acceptors (Lipinski definition) is 5. The third kappa shape index (κ3) is 5.03. The van der Waals surface area contributed by atoms with E-state index in [-0.39, 0.29) is 18.0 Å². The maximum atomic E-state index is 13.2. The van der Waals surface area contributed by atoms with Gasteiger partial charge in [-0.15, -0.1) is 0 Å². The highest BCUT2D eigenvalue weighted by atomic mass is 16.5. The predicted octanol–water partition coefficient (Wildman–Crippen LogP) is 1.75. The highest BCUT2D eigenvalue weighted by molar-refractivity contribution is 5.77. The van der Waals surface area contributed by atoms with Gasteiger partial charge in [0.05, 0.1) is 26.4 Å². The second kappa shape index (κ2) is 10.4. The van der Waals surface area contributed by atoms with Crippen LogP contribution in [0.5, 0.6) is 0 Å². The van der Waals surface area contributed by atoms with Crippen LogP contribution in [-0.2, 0) is 20.7 Å². The third-order valence-electron chi connectivity index (χ3n) is 7.67. The number of piperidine rings is 1. The Hall–Kier alpha value is -2.16. The van der Waals surface area contributed by atoms with Crippen LogP contribution in [0.1, 0.15) is 36.4 Å². The van der Waals surface area contributed by atoms with Crippen molar-refractivity contribution in [2.45, 2.75) is 37.8 Å². The molecule has 0 aromatic heterocycles. The van der Waals surface area contributed by atoms with Crippen LogP contribution in [0, 0.1) is 0 Å². The van der Waals surface area contributed by atoms with E-state index in [1.165, 1.54) is 11.1 Å². The molecule has 0 spiro atoms. The first-order chi connectivity index (χ1) is 16.2. The molecule has 1 atom stereocenters. The number of nitrogens with zero attached hydrogens (tertiary/aromatic N) is 4. The summed E-state index contributed by atoms with van der Waals surface area (Å²) in [7, 11) is 0. The number of rotatable bonds is 3. The molecule has 33 heavy (non-hydrogen) atoms. The van der Waals surface area contributed by atoms with E-state index >= 15 is 0 Å². The summed E-state index contributed by atoms with van der Waals surface area (Å²) in [6.07, 6.45) is 3.45. The van der Waals surface area contributed by atoms with E-state index in [1.54, 1.807) is 0 Å². The lowest BCUT2D eigenvalue weighted by atomic mass is 9.87. The van der Waals surface area contributed by atoms with Crippen LogP contribution in [0.3, 0.4) is 0 Å². The number of likely N-dealkylation sites (tertiary alicyclic amines) is 1. The largest absolute Gasteiger partial charge is 0.378 e. The van der Waals surface area contributed by atoms with Crippen molar-refractivity contribution in [1.82, 2.24) is 19.6 Å². The Bertz CT molecular complexity index is 829. The second-order valence-electron chi connectivity index (χ2n) is 9.50. The summed E-state index contributed by atoms with van der Waals surface area (Å²) in [5, 5.41) is 0. The van der Waals surface area contributed by atoms with Gasteiger partial charge in [-0.25, -0.2) is 4.79 Å². The molecule has 0 N–H and O–H groups in total. The van der Waals surface area contributed by atoms with Crippen LogP contribution in [0.4, 0.5) is 4.79 Å². The molecule has 4 aliphatic rings. The Morgan fingerprint density at radius 1 is 0.788 bits per heavy atom. The van der Waals surface area contributed by atoms with Gasteiger partial charge in [-0.2, -0.15) is 0 Å². The maximum Gasteiger partial charge on any atom is 0.320 e. The van der Waals surface area contributed by atoms with Crippen molar-refractivity contribution in [1.29, 1.82) is 0 Å². The van der Waals surface area contributed by atoms with Gasteiger partial charge in [0.2, 0.25) is 5.91 Å². The summed E-state index contributed by atoms with van der Waals surface area (Å²) < 4.78 is 10.8. The second-order valence-corrected chi connectivity index (χ2v) is 9.50. The summed E-state index contributed by atoms with van der Waals surface area (Å²) >= 11 is 0. The van der Waals surface area contributed by atoms with E-state index in [1.807, 2.05) is 14.7 Å². The van der Waals surface area contributed by atoms with Gasteiger partial charge in [-0.3, -0.25) is 9.69 Å². The molecule has 1 unspecified atom stereocenters. The topological polar surface area (TPSA) is 65.6 Å². The molecule has 3 fully saturated rings. The van der Waals surface area contributed by atoms with Gasteiger partial charge in [-0.1, -0.05) is 24.3 Å². The molecule has 0 bridgehead atoms. The Morgan fingerprint density at radius 3 is 2.09 bits per heavy atom. The van der Waals surface area contributed by atoms with E-state index in [4.69, 9.17) is 9.47 Å². The number of benzene rings is 1. The van der Waals surface area contributed by atoms with Crippen molar-refractivity contribution < 1.29 is 19.1 Å². The molecule has 3 saturated heterocycles. The lowest BCUT2D eigenvalue weighted by Crippen LogP contribution is -2.54. The number of urea groups is 1. The van der Waals surface area contributed by atoms with Crippen LogP contribution < -0.4 is 0 Å². The Kier molecular flexibility index (Phi) is 7.13. The molecule has 0 aliphatic carbocycles. The SMILES string of the molecule is O=C(CC1c2ccccc2CCN1C1CCN(C(=O)N2CCOCC2)CC1)N1CCOCC1. The molecular weight excluding hydrogens is 420 g/mol. The van der Waals surface area contributed by atoms with E-state index in [9.17, 15) is 9.59 Å². The fraction of sp³-hybridized carbons (Fsp3) is 0.680. The first kappa shape index (κ1) is 22.6. The van der Waals surface area contributed by atoms with Gasteiger partial charge in [0, 0.05) is 64.3 Å². The molecule has 0 saturated carbocycles. The normalized spacial score (nSPS) is 25.1. The van der Waals surface area contributed by atoms with Crippen LogP contribution in [0.2, 0.25) is 0 Å². The minimum atomic E-state index is 0.108. The van der Waals surface area contributed by atoms with Crippen molar-refractivity contribution >= 4 is 11.9 Å². The van der Waals surface area contributed by atoms with Gasteiger partial charge < -0.3 is 24.2 Å². The summed E-state index contributed by atoms with van der Waals surface area (Å²) in [5.74, 6) is 0.227. The van der Waals surface area contributed by atoms with Crippen molar-refractivity contribution in [3.8, 4) is 0 Å². The molecule has 3 amide bonds. The standard InChI is InChI=1S/C25H36N4O4/c30-24(26-11-15-32-16-12-26)19-23-22-4-2-1-3-20(22)5-10-29(23)21-6-8-27(9-7-21)25(31)28-13-17-33-18-14-28/h1-4,21,23H,5-19H2. The lowest BCUT2D eigenvalue weighted by molar-refractivity contribution is -0.137. The highest BCUT2D eigenvalue weighted by Crippen LogP contribution is 2.36. The van der Waals surface area contributed by atoms with Crippen molar-refractivity contribution in [3.05, 3.63) is 35.4 Å². The van der Waals surface area contributed by atoms with E-state index < -0.39 is 0 Å². The molecule has 1 aromatic carbocycles. The Labute approximate surface area is 196 Å². The zero-order chi connectivity index (χ0) is 22.6. The Balaban J connectivity index is 1.26. The van der Waals surface area contributed by atoms with Crippen LogP contribution in [-0.4, -0.2) is 110 Å². The Morgan fingerprint density at radius 2 is 1.39 bits per heavy atom. The lowest BCUT2D eigenvalue weighted by Gasteiger charge is -2.46. The van der Waals surface area contributed by atoms with Crippen LogP contribution >= 0.6 is 0 Å². The van der Waals surface area contributed by atoms with Crippen molar-refractivity contribution in [3.63, 3.8) is 0 Å². The van der Waals surface area contributed by atoms with Crippen molar-refractivity contribution in [2.24, 2.45) is 0 Å². The van der Waals surface area contributed by atoms with E-state index in [0.29, 0.717) is 65.1 Å². The van der Waals surface area contributed by atoms with Gasteiger partial charge >= 0.3 is 6.03 Å². The molecular formula is C25H36N4O4. The molecule has 5 rings (SSSR count). The number of hydrogen-bond donors (Lipinski definition) is 0. The van der Waals surface area contributed by atoms with Crippen molar-refractivity contribution in [2.75, 3.05) is 72.2 Å². The predicted molar refractivity (Wildman–Crippen MR) is 124 cm³/mol. The number of amides is 3. The number of ether oxygens (including phenoxy) is 2. The first-order valence-electron chi connectivity index (χ1n) is 12.5.